The molecule has 4 nitrogen and oxygen atoms in total. The minimum Gasteiger partial charge on any atom is -0.333 e. The predicted octanol–water partition coefficient (Wildman–Crippen LogP) is 2.53. The Morgan fingerprint density at radius 2 is 1.86 bits per heavy atom. The van der Waals surface area contributed by atoms with Crippen molar-refractivity contribution < 1.29 is 4.79 Å². The van der Waals surface area contributed by atoms with E-state index in [9.17, 15) is 4.79 Å². The van der Waals surface area contributed by atoms with E-state index in [2.05, 4.69) is 23.3 Å². The van der Waals surface area contributed by atoms with Gasteiger partial charge in [0, 0.05) is 19.3 Å². The molecule has 0 fully saturated rings. The third-order valence-corrected chi connectivity index (χ3v) is 4.01. The van der Waals surface area contributed by atoms with E-state index in [4.69, 9.17) is 0 Å². The van der Waals surface area contributed by atoms with Crippen LogP contribution in [0.25, 0.3) is 5.52 Å². The number of hydrogen-bond acceptors (Lipinski definition) is 2. The number of amides is 1. The molecule has 104 valence electrons. The van der Waals surface area contributed by atoms with Crippen molar-refractivity contribution in [3.05, 3.63) is 71.5 Å². The number of fused-ring (bicyclic) bond motifs is 2. The maximum Gasteiger partial charge on any atom is 0.274 e. The molecule has 0 aliphatic carbocycles. The maximum absolute atomic E-state index is 12.6. The highest BCUT2D eigenvalue weighted by Gasteiger charge is 2.23. The standard InChI is InChI=1S/C17H15N3O/c21-17(16-11-15-7-3-4-9-20(15)18-16)19-10-8-13-5-1-2-6-14(13)12-19/h1-7,9,11H,8,10,12H2. The minimum atomic E-state index is 0.00760. The van der Waals surface area contributed by atoms with Crippen molar-refractivity contribution in [3.8, 4) is 0 Å². The Hall–Kier alpha value is -2.62. The van der Waals surface area contributed by atoms with E-state index < -0.39 is 0 Å². The second kappa shape index (κ2) is 4.74. The molecule has 1 aliphatic heterocycles. The minimum absolute atomic E-state index is 0.00760. The van der Waals surface area contributed by atoms with E-state index in [0.717, 1.165) is 18.5 Å². The van der Waals surface area contributed by atoms with Gasteiger partial charge in [0.2, 0.25) is 0 Å². The van der Waals surface area contributed by atoms with Crippen LogP contribution in [-0.4, -0.2) is 27.0 Å². The van der Waals surface area contributed by atoms with Crippen molar-refractivity contribution in [1.29, 1.82) is 0 Å². The normalized spacial score (nSPS) is 14.2. The summed E-state index contributed by atoms with van der Waals surface area (Å²) in [5.74, 6) is 0.00760. The van der Waals surface area contributed by atoms with Gasteiger partial charge in [-0.15, -0.1) is 0 Å². The Bertz CT molecular complexity index is 789. The fourth-order valence-electron chi connectivity index (χ4n) is 2.87. The Kier molecular flexibility index (Phi) is 2.74. The maximum atomic E-state index is 12.6. The summed E-state index contributed by atoms with van der Waals surface area (Å²) >= 11 is 0. The smallest absolute Gasteiger partial charge is 0.274 e. The second-order valence-electron chi connectivity index (χ2n) is 5.35. The van der Waals surface area contributed by atoms with E-state index in [1.165, 1.54) is 11.1 Å². The van der Waals surface area contributed by atoms with Crippen LogP contribution in [0.4, 0.5) is 0 Å². The van der Waals surface area contributed by atoms with Crippen LogP contribution in [0.1, 0.15) is 21.6 Å². The van der Waals surface area contributed by atoms with Crippen LogP contribution in [0.5, 0.6) is 0 Å². The van der Waals surface area contributed by atoms with Gasteiger partial charge in [0.15, 0.2) is 5.69 Å². The van der Waals surface area contributed by atoms with Crippen LogP contribution in [0.15, 0.2) is 54.7 Å². The van der Waals surface area contributed by atoms with Crippen LogP contribution >= 0.6 is 0 Å². The summed E-state index contributed by atoms with van der Waals surface area (Å²) < 4.78 is 1.74. The fraction of sp³-hybridized carbons (Fsp3) is 0.176. The molecule has 1 aromatic carbocycles. The average Bonchev–Trinajstić information content (AvgIpc) is 2.97. The van der Waals surface area contributed by atoms with Crippen molar-refractivity contribution in [2.75, 3.05) is 6.54 Å². The van der Waals surface area contributed by atoms with Gasteiger partial charge in [-0.2, -0.15) is 5.10 Å². The lowest BCUT2D eigenvalue weighted by molar-refractivity contribution is 0.0728. The summed E-state index contributed by atoms with van der Waals surface area (Å²) in [6.07, 6.45) is 2.77. The number of hydrogen-bond donors (Lipinski definition) is 0. The van der Waals surface area contributed by atoms with Crippen LogP contribution in [-0.2, 0) is 13.0 Å². The molecule has 1 aliphatic rings. The Morgan fingerprint density at radius 1 is 1.05 bits per heavy atom. The summed E-state index contributed by atoms with van der Waals surface area (Å²) in [5.41, 5.74) is 4.04. The molecule has 3 aromatic rings. The predicted molar refractivity (Wildman–Crippen MR) is 80.1 cm³/mol. The van der Waals surface area contributed by atoms with E-state index >= 15 is 0 Å². The van der Waals surface area contributed by atoms with Crippen LogP contribution in [0.2, 0.25) is 0 Å². The first-order chi connectivity index (χ1) is 10.3. The van der Waals surface area contributed by atoms with E-state index in [-0.39, 0.29) is 5.91 Å². The zero-order valence-electron chi connectivity index (χ0n) is 11.6. The zero-order chi connectivity index (χ0) is 14.2. The molecule has 4 rings (SSSR count). The number of nitrogens with zero attached hydrogens (tertiary/aromatic N) is 3. The van der Waals surface area contributed by atoms with Gasteiger partial charge in [-0.25, -0.2) is 4.52 Å². The topological polar surface area (TPSA) is 37.6 Å². The van der Waals surface area contributed by atoms with Gasteiger partial charge in [-0.3, -0.25) is 4.79 Å². The molecule has 0 saturated carbocycles. The van der Waals surface area contributed by atoms with Gasteiger partial charge in [-0.05, 0) is 35.7 Å². The monoisotopic (exact) mass is 277 g/mol. The van der Waals surface area contributed by atoms with Crippen molar-refractivity contribution in [3.63, 3.8) is 0 Å². The van der Waals surface area contributed by atoms with Crippen LogP contribution in [0, 0.1) is 0 Å². The molecule has 0 N–H and O–H groups in total. The van der Waals surface area contributed by atoms with E-state index in [1.54, 1.807) is 4.52 Å². The summed E-state index contributed by atoms with van der Waals surface area (Å²) in [4.78, 5) is 14.5. The fourth-order valence-corrected chi connectivity index (χ4v) is 2.87. The van der Waals surface area contributed by atoms with Crippen molar-refractivity contribution in [1.82, 2.24) is 14.5 Å². The number of carbonyl (C=O) groups is 1. The lowest BCUT2D eigenvalue weighted by Crippen LogP contribution is -2.36. The van der Waals surface area contributed by atoms with Gasteiger partial charge >= 0.3 is 0 Å². The summed E-state index contributed by atoms with van der Waals surface area (Å²) in [6.45, 7) is 1.42. The molecule has 3 heterocycles. The summed E-state index contributed by atoms with van der Waals surface area (Å²) in [6, 6.07) is 16.0. The zero-order valence-corrected chi connectivity index (χ0v) is 11.6. The molecule has 0 radical (unpaired) electrons. The largest absolute Gasteiger partial charge is 0.333 e. The number of aromatic nitrogens is 2. The number of carbonyl (C=O) groups excluding carboxylic acids is 1. The van der Waals surface area contributed by atoms with Gasteiger partial charge in [0.25, 0.3) is 5.91 Å². The van der Waals surface area contributed by atoms with Crippen LogP contribution in [0.3, 0.4) is 0 Å². The molecular formula is C17H15N3O. The van der Waals surface area contributed by atoms with E-state index in [0.29, 0.717) is 12.2 Å². The van der Waals surface area contributed by atoms with Gasteiger partial charge in [0.05, 0.1) is 5.52 Å². The molecule has 0 unspecified atom stereocenters. The lowest BCUT2D eigenvalue weighted by atomic mass is 10.00. The first kappa shape index (κ1) is 12.1. The first-order valence-corrected chi connectivity index (χ1v) is 7.12. The highest BCUT2D eigenvalue weighted by atomic mass is 16.2. The third-order valence-electron chi connectivity index (χ3n) is 4.01. The van der Waals surface area contributed by atoms with Crippen molar-refractivity contribution in [2.24, 2.45) is 0 Å². The summed E-state index contributed by atoms with van der Waals surface area (Å²) in [5, 5.41) is 4.37. The molecule has 0 atom stereocenters. The highest BCUT2D eigenvalue weighted by molar-refractivity contribution is 5.93. The Morgan fingerprint density at radius 3 is 2.71 bits per heavy atom. The van der Waals surface area contributed by atoms with Crippen LogP contribution < -0.4 is 0 Å². The van der Waals surface area contributed by atoms with Crippen molar-refractivity contribution in [2.45, 2.75) is 13.0 Å². The molecule has 0 bridgehead atoms. The van der Waals surface area contributed by atoms with Crippen molar-refractivity contribution >= 4 is 11.4 Å². The third kappa shape index (κ3) is 2.09. The van der Waals surface area contributed by atoms with Gasteiger partial charge < -0.3 is 4.90 Å². The second-order valence-corrected chi connectivity index (χ2v) is 5.35. The number of rotatable bonds is 1. The van der Waals surface area contributed by atoms with Gasteiger partial charge in [0.1, 0.15) is 0 Å². The summed E-state index contributed by atoms with van der Waals surface area (Å²) in [7, 11) is 0. The SMILES string of the molecule is O=C(c1cc2ccccn2n1)N1CCc2ccccc2C1. The van der Waals surface area contributed by atoms with E-state index in [1.807, 2.05) is 41.4 Å². The highest BCUT2D eigenvalue weighted by Crippen LogP contribution is 2.20. The quantitative estimate of drug-likeness (QED) is 0.685. The number of benzene rings is 1. The molecule has 21 heavy (non-hydrogen) atoms. The molecule has 0 spiro atoms. The Balaban J connectivity index is 1.63. The average molecular weight is 277 g/mol. The molecule has 0 saturated heterocycles. The molecular weight excluding hydrogens is 262 g/mol. The first-order valence-electron chi connectivity index (χ1n) is 7.12. The Labute approximate surface area is 122 Å². The molecule has 4 heteroatoms. The molecule has 1 amide bonds. The molecule has 2 aromatic heterocycles. The lowest BCUT2D eigenvalue weighted by Gasteiger charge is -2.28. The van der Waals surface area contributed by atoms with Gasteiger partial charge in [-0.1, -0.05) is 30.3 Å². The number of pyridine rings is 1.